The molecular weight excluding hydrogens is 442 g/mol. The molecule has 1 saturated heterocycles. The number of ether oxygens (including phenoxy) is 1. The predicted molar refractivity (Wildman–Crippen MR) is 137 cm³/mol. The van der Waals surface area contributed by atoms with Crippen LogP contribution in [0.2, 0.25) is 0 Å². The Morgan fingerprint density at radius 1 is 0.914 bits per heavy atom. The van der Waals surface area contributed by atoms with E-state index in [4.69, 9.17) is 4.74 Å². The van der Waals surface area contributed by atoms with Gasteiger partial charge in [-0.15, -0.1) is 0 Å². The molecule has 2 heterocycles. The lowest BCUT2D eigenvalue weighted by Gasteiger charge is -2.41. The van der Waals surface area contributed by atoms with E-state index < -0.39 is 0 Å². The predicted octanol–water partition coefficient (Wildman–Crippen LogP) is 5.51. The first-order valence-corrected chi connectivity index (χ1v) is 12.7. The third-order valence-corrected chi connectivity index (χ3v) is 7.38. The second-order valence-corrected chi connectivity index (χ2v) is 9.89. The Labute approximate surface area is 206 Å². The van der Waals surface area contributed by atoms with E-state index in [1.54, 1.807) is 16.7 Å². The monoisotopic (exact) mass is 475 g/mol. The first kappa shape index (κ1) is 23.4. The molecule has 0 bridgehead atoms. The maximum absolute atomic E-state index is 13.3. The smallest absolute Gasteiger partial charge is 0.414 e. The summed E-state index contributed by atoms with van der Waals surface area (Å²) in [7, 11) is 0. The maximum Gasteiger partial charge on any atom is 0.414 e. The van der Waals surface area contributed by atoms with Gasteiger partial charge in [0.25, 0.3) is 0 Å². The van der Waals surface area contributed by atoms with Crippen LogP contribution in [-0.4, -0.2) is 43.1 Å². The zero-order chi connectivity index (χ0) is 24.5. The number of fused-ring (bicyclic) bond motifs is 1. The van der Waals surface area contributed by atoms with Crippen molar-refractivity contribution in [1.82, 2.24) is 0 Å². The summed E-state index contributed by atoms with van der Waals surface area (Å²) in [6.07, 6.45) is 6.31. The summed E-state index contributed by atoms with van der Waals surface area (Å²) in [4.78, 5) is 43.1. The summed E-state index contributed by atoms with van der Waals surface area (Å²) >= 11 is 0. The highest BCUT2D eigenvalue weighted by Crippen LogP contribution is 2.40. The number of anilines is 3. The molecule has 0 radical (unpaired) electrons. The zero-order valence-corrected chi connectivity index (χ0v) is 20.5. The molecule has 2 aliphatic heterocycles. The number of rotatable bonds is 3. The Morgan fingerprint density at radius 2 is 1.63 bits per heavy atom. The van der Waals surface area contributed by atoms with Crippen molar-refractivity contribution in [3.8, 4) is 11.1 Å². The average Bonchev–Trinajstić information content (AvgIpc) is 3.29. The molecule has 7 heteroatoms. The second kappa shape index (κ2) is 9.72. The molecule has 3 amide bonds. The van der Waals surface area contributed by atoms with Crippen LogP contribution in [0.15, 0.2) is 42.5 Å². The van der Waals surface area contributed by atoms with Crippen molar-refractivity contribution < 1.29 is 19.1 Å². The van der Waals surface area contributed by atoms with E-state index in [1.165, 1.54) is 6.42 Å². The van der Waals surface area contributed by atoms with Crippen LogP contribution in [0.5, 0.6) is 0 Å². The lowest BCUT2D eigenvalue weighted by molar-refractivity contribution is -0.117. The SMILES string of the molecule is CC(=O)N1c2ccc(-c3ccc(N4CCCC4=O)cc3)cc2N(C(=O)OC2CCCCC2)C[C@@H]1C. The Morgan fingerprint density at radius 3 is 2.29 bits per heavy atom. The molecule has 1 saturated carbocycles. The highest BCUT2D eigenvalue weighted by atomic mass is 16.6. The molecule has 2 fully saturated rings. The molecule has 2 aromatic carbocycles. The Balaban J connectivity index is 1.46. The normalized spacial score (nSPS) is 20.7. The molecule has 1 atom stereocenters. The Kier molecular flexibility index (Phi) is 6.50. The molecule has 35 heavy (non-hydrogen) atoms. The Bertz CT molecular complexity index is 1120. The number of hydrogen-bond acceptors (Lipinski definition) is 4. The van der Waals surface area contributed by atoms with E-state index in [2.05, 4.69) is 0 Å². The molecule has 0 aromatic heterocycles. The van der Waals surface area contributed by atoms with E-state index in [0.29, 0.717) is 18.7 Å². The minimum Gasteiger partial charge on any atom is -0.446 e. The van der Waals surface area contributed by atoms with Gasteiger partial charge < -0.3 is 14.5 Å². The standard InChI is InChI=1S/C28H33N3O4/c1-19-18-30(28(34)35-24-7-4-3-5-8-24)26-17-22(12-15-25(26)31(19)20(2)32)21-10-13-23(14-11-21)29-16-6-9-27(29)33/h10-15,17,19,24H,3-9,16,18H2,1-2H3/t19-/m0/s1. The first-order chi connectivity index (χ1) is 16.9. The van der Waals surface area contributed by atoms with Gasteiger partial charge in [0.2, 0.25) is 11.8 Å². The second-order valence-electron chi connectivity index (χ2n) is 9.89. The number of hydrogen-bond donors (Lipinski definition) is 0. The van der Waals surface area contributed by atoms with Crippen LogP contribution in [0.3, 0.4) is 0 Å². The summed E-state index contributed by atoms with van der Waals surface area (Å²) in [5.74, 6) is 0.114. The van der Waals surface area contributed by atoms with E-state index in [9.17, 15) is 14.4 Å². The van der Waals surface area contributed by atoms with Gasteiger partial charge in [0, 0.05) is 32.1 Å². The third-order valence-electron chi connectivity index (χ3n) is 7.38. The minimum atomic E-state index is -0.340. The van der Waals surface area contributed by atoms with Crippen molar-refractivity contribution >= 4 is 35.0 Å². The van der Waals surface area contributed by atoms with Crippen molar-refractivity contribution in [3.05, 3.63) is 42.5 Å². The highest BCUT2D eigenvalue weighted by Gasteiger charge is 2.35. The van der Waals surface area contributed by atoms with Crippen molar-refractivity contribution in [2.45, 2.75) is 70.9 Å². The largest absolute Gasteiger partial charge is 0.446 e. The number of carbonyl (C=O) groups excluding carboxylic acids is 3. The fourth-order valence-electron chi connectivity index (χ4n) is 5.60. The molecule has 7 nitrogen and oxygen atoms in total. The van der Waals surface area contributed by atoms with E-state index >= 15 is 0 Å². The van der Waals surface area contributed by atoms with Crippen molar-refractivity contribution in [1.29, 1.82) is 0 Å². The fourth-order valence-corrected chi connectivity index (χ4v) is 5.60. The quantitative estimate of drug-likeness (QED) is 0.587. The van der Waals surface area contributed by atoms with Gasteiger partial charge in [-0.25, -0.2) is 4.79 Å². The molecule has 1 aliphatic carbocycles. The van der Waals surface area contributed by atoms with Gasteiger partial charge in [0.05, 0.1) is 17.4 Å². The van der Waals surface area contributed by atoms with E-state index in [-0.39, 0.29) is 30.1 Å². The van der Waals surface area contributed by atoms with Crippen LogP contribution in [0.1, 0.15) is 58.8 Å². The van der Waals surface area contributed by atoms with Gasteiger partial charge in [0.15, 0.2) is 0 Å². The molecule has 0 N–H and O–H groups in total. The summed E-state index contributed by atoms with van der Waals surface area (Å²) in [6.45, 7) is 4.66. The average molecular weight is 476 g/mol. The molecule has 2 aromatic rings. The van der Waals surface area contributed by atoms with Crippen LogP contribution >= 0.6 is 0 Å². The van der Waals surface area contributed by atoms with Crippen LogP contribution in [0.4, 0.5) is 21.9 Å². The molecule has 184 valence electrons. The van der Waals surface area contributed by atoms with Crippen molar-refractivity contribution in [2.24, 2.45) is 0 Å². The zero-order valence-electron chi connectivity index (χ0n) is 20.5. The maximum atomic E-state index is 13.3. The molecule has 0 spiro atoms. The summed E-state index contributed by atoms with van der Waals surface area (Å²) in [5.41, 5.74) is 4.24. The van der Waals surface area contributed by atoms with Crippen LogP contribution in [0, 0.1) is 0 Å². The van der Waals surface area contributed by atoms with Crippen molar-refractivity contribution in [2.75, 3.05) is 27.8 Å². The third kappa shape index (κ3) is 4.64. The van der Waals surface area contributed by atoms with Crippen LogP contribution < -0.4 is 14.7 Å². The van der Waals surface area contributed by atoms with Crippen molar-refractivity contribution in [3.63, 3.8) is 0 Å². The van der Waals surface area contributed by atoms with Gasteiger partial charge in [-0.05, 0) is 74.4 Å². The van der Waals surface area contributed by atoms with Crippen LogP contribution in [-0.2, 0) is 14.3 Å². The minimum absolute atomic E-state index is 0.0372. The molecule has 3 aliphatic rings. The van der Waals surface area contributed by atoms with Crippen LogP contribution in [0.25, 0.3) is 11.1 Å². The number of amides is 3. The van der Waals surface area contributed by atoms with E-state index in [0.717, 1.165) is 61.2 Å². The molecule has 5 rings (SSSR count). The summed E-state index contributed by atoms with van der Waals surface area (Å²) in [5, 5.41) is 0. The number of carbonyl (C=O) groups is 3. The Hall–Kier alpha value is -3.35. The molecular formula is C28H33N3O4. The lowest BCUT2D eigenvalue weighted by Crippen LogP contribution is -2.52. The summed E-state index contributed by atoms with van der Waals surface area (Å²) < 4.78 is 5.91. The number of benzene rings is 2. The fraction of sp³-hybridized carbons (Fsp3) is 0.464. The topological polar surface area (TPSA) is 70.2 Å². The van der Waals surface area contributed by atoms with Gasteiger partial charge >= 0.3 is 6.09 Å². The van der Waals surface area contributed by atoms with Gasteiger partial charge in [0.1, 0.15) is 6.10 Å². The molecule has 0 unspecified atom stereocenters. The van der Waals surface area contributed by atoms with Gasteiger partial charge in [-0.3, -0.25) is 14.5 Å². The summed E-state index contributed by atoms with van der Waals surface area (Å²) in [6, 6.07) is 13.7. The highest BCUT2D eigenvalue weighted by molar-refractivity contribution is 6.03. The van der Waals surface area contributed by atoms with E-state index in [1.807, 2.05) is 54.3 Å². The van der Waals surface area contributed by atoms with Gasteiger partial charge in [-0.2, -0.15) is 0 Å². The van der Waals surface area contributed by atoms with Gasteiger partial charge in [-0.1, -0.05) is 24.6 Å². The lowest BCUT2D eigenvalue weighted by atomic mass is 9.98. The number of nitrogens with zero attached hydrogens (tertiary/aromatic N) is 3. The first-order valence-electron chi connectivity index (χ1n) is 12.7.